The van der Waals surface area contributed by atoms with E-state index >= 15 is 0 Å². The van der Waals surface area contributed by atoms with E-state index in [2.05, 4.69) is 4.72 Å². The zero-order chi connectivity index (χ0) is 12.0. The van der Waals surface area contributed by atoms with Crippen LogP contribution in [0.4, 0.5) is 0 Å². The largest absolute Gasteiger partial charge is 0.396 e. The van der Waals surface area contributed by atoms with Gasteiger partial charge in [-0.25, -0.2) is 13.1 Å². The summed E-state index contributed by atoms with van der Waals surface area (Å²) < 4.78 is 31.5. The molecule has 6 heteroatoms. The van der Waals surface area contributed by atoms with Gasteiger partial charge < -0.3 is 9.84 Å². The van der Waals surface area contributed by atoms with E-state index < -0.39 is 10.0 Å². The van der Waals surface area contributed by atoms with Gasteiger partial charge in [0.05, 0.1) is 5.25 Å². The lowest BCUT2D eigenvalue weighted by molar-refractivity contribution is 0.0981. The Morgan fingerprint density at radius 1 is 1.44 bits per heavy atom. The van der Waals surface area contributed by atoms with E-state index in [1.165, 1.54) is 0 Å². The van der Waals surface area contributed by atoms with Crippen LogP contribution in [-0.4, -0.2) is 45.1 Å². The van der Waals surface area contributed by atoms with Gasteiger partial charge in [0, 0.05) is 26.4 Å². The number of sulfonamides is 1. The van der Waals surface area contributed by atoms with E-state index in [0.29, 0.717) is 39.0 Å². The number of ether oxygens (including phenoxy) is 1. The second-order valence-electron chi connectivity index (χ2n) is 4.32. The van der Waals surface area contributed by atoms with Gasteiger partial charge in [-0.2, -0.15) is 0 Å². The summed E-state index contributed by atoms with van der Waals surface area (Å²) in [7, 11) is -3.21. The molecule has 2 N–H and O–H groups in total. The fraction of sp³-hybridized carbons (Fsp3) is 1.00. The first-order chi connectivity index (χ1) is 7.56. The highest BCUT2D eigenvalue weighted by Crippen LogP contribution is 2.15. The summed E-state index contributed by atoms with van der Waals surface area (Å²) in [5.74, 6) is 0.166. The zero-order valence-electron chi connectivity index (χ0n) is 9.68. The Kier molecular flexibility index (Phi) is 5.68. The predicted octanol–water partition coefficient (Wildman–Crippen LogP) is 0.103. The highest BCUT2D eigenvalue weighted by atomic mass is 32.2. The maximum absolute atomic E-state index is 11.9. The molecule has 1 aliphatic rings. The fourth-order valence-electron chi connectivity index (χ4n) is 1.68. The molecule has 0 aromatic rings. The third-order valence-electron chi connectivity index (χ3n) is 2.86. The third-order valence-corrected chi connectivity index (χ3v) is 4.78. The second kappa shape index (κ2) is 6.54. The Bertz CT molecular complexity index is 285. The fourth-order valence-corrected chi connectivity index (χ4v) is 3.25. The standard InChI is InChI=1S/C10H21NO4S/c1-9(2-5-12)8-11-16(13,14)10-3-6-15-7-4-10/h9-12H,2-8H2,1H3. The summed E-state index contributed by atoms with van der Waals surface area (Å²) in [4.78, 5) is 0. The molecule has 0 amide bonds. The maximum Gasteiger partial charge on any atom is 0.214 e. The molecule has 1 unspecified atom stereocenters. The van der Waals surface area contributed by atoms with Gasteiger partial charge in [0.15, 0.2) is 0 Å². The Labute approximate surface area is 97.2 Å². The number of aliphatic hydroxyl groups is 1. The van der Waals surface area contributed by atoms with Crippen LogP contribution in [0.15, 0.2) is 0 Å². The number of rotatable bonds is 6. The van der Waals surface area contributed by atoms with E-state index in [9.17, 15) is 8.42 Å². The number of aliphatic hydroxyl groups excluding tert-OH is 1. The molecule has 96 valence electrons. The van der Waals surface area contributed by atoms with Crippen LogP contribution < -0.4 is 4.72 Å². The van der Waals surface area contributed by atoms with Crippen molar-refractivity contribution in [2.75, 3.05) is 26.4 Å². The van der Waals surface area contributed by atoms with Crippen molar-refractivity contribution in [2.24, 2.45) is 5.92 Å². The van der Waals surface area contributed by atoms with Crippen molar-refractivity contribution < 1.29 is 18.3 Å². The lowest BCUT2D eigenvalue weighted by Crippen LogP contribution is -2.39. The van der Waals surface area contributed by atoms with Gasteiger partial charge in [-0.15, -0.1) is 0 Å². The summed E-state index contributed by atoms with van der Waals surface area (Å²) in [5.41, 5.74) is 0. The lowest BCUT2D eigenvalue weighted by atomic mass is 10.1. The third kappa shape index (κ3) is 4.37. The smallest absolute Gasteiger partial charge is 0.214 e. The molecule has 1 fully saturated rings. The summed E-state index contributed by atoms with van der Waals surface area (Å²) in [6, 6.07) is 0. The Balaban J connectivity index is 2.38. The molecule has 5 nitrogen and oxygen atoms in total. The van der Waals surface area contributed by atoms with Gasteiger partial charge in [-0.1, -0.05) is 6.92 Å². The number of nitrogens with one attached hydrogen (secondary N) is 1. The van der Waals surface area contributed by atoms with Crippen LogP contribution in [0.5, 0.6) is 0 Å². The van der Waals surface area contributed by atoms with Gasteiger partial charge in [0.2, 0.25) is 10.0 Å². The van der Waals surface area contributed by atoms with Crippen LogP contribution in [0.3, 0.4) is 0 Å². The van der Waals surface area contributed by atoms with Crippen molar-refractivity contribution in [1.82, 2.24) is 4.72 Å². The van der Waals surface area contributed by atoms with Crippen molar-refractivity contribution in [3.05, 3.63) is 0 Å². The van der Waals surface area contributed by atoms with Crippen LogP contribution in [0.2, 0.25) is 0 Å². The average molecular weight is 251 g/mol. The van der Waals surface area contributed by atoms with Gasteiger partial charge in [-0.05, 0) is 25.2 Å². The van der Waals surface area contributed by atoms with Crippen molar-refractivity contribution in [2.45, 2.75) is 31.4 Å². The van der Waals surface area contributed by atoms with E-state index in [1.54, 1.807) is 0 Å². The summed E-state index contributed by atoms with van der Waals surface area (Å²) >= 11 is 0. The van der Waals surface area contributed by atoms with Crippen molar-refractivity contribution in [3.8, 4) is 0 Å². The van der Waals surface area contributed by atoms with Crippen LogP contribution in [-0.2, 0) is 14.8 Å². The van der Waals surface area contributed by atoms with Crippen molar-refractivity contribution in [3.63, 3.8) is 0 Å². The molecule has 1 rings (SSSR count). The summed E-state index contributed by atoms with van der Waals surface area (Å²) in [5, 5.41) is 8.40. The average Bonchev–Trinajstić information content (AvgIpc) is 2.28. The molecule has 1 atom stereocenters. The minimum absolute atomic E-state index is 0.0974. The first-order valence-corrected chi connectivity index (χ1v) is 7.28. The molecule has 0 aromatic heterocycles. The predicted molar refractivity (Wildman–Crippen MR) is 61.6 cm³/mol. The molecule has 0 spiro atoms. The second-order valence-corrected chi connectivity index (χ2v) is 6.37. The molecule has 0 aromatic carbocycles. The zero-order valence-corrected chi connectivity index (χ0v) is 10.5. The van der Waals surface area contributed by atoms with E-state index in [1.807, 2.05) is 6.92 Å². The maximum atomic E-state index is 11.9. The Morgan fingerprint density at radius 2 is 2.06 bits per heavy atom. The molecule has 1 heterocycles. The van der Waals surface area contributed by atoms with Crippen LogP contribution in [0, 0.1) is 5.92 Å². The van der Waals surface area contributed by atoms with Gasteiger partial charge in [-0.3, -0.25) is 0 Å². The van der Waals surface area contributed by atoms with Crippen molar-refractivity contribution >= 4 is 10.0 Å². The highest BCUT2D eigenvalue weighted by molar-refractivity contribution is 7.90. The molecule has 0 bridgehead atoms. The Hall–Kier alpha value is -0.170. The quantitative estimate of drug-likeness (QED) is 0.702. The SMILES string of the molecule is CC(CCO)CNS(=O)(=O)C1CCOCC1. The van der Waals surface area contributed by atoms with Gasteiger partial charge in [0.25, 0.3) is 0 Å². The van der Waals surface area contributed by atoms with E-state index in [-0.39, 0.29) is 17.8 Å². The topological polar surface area (TPSA) is 75.6 Å². The minimum atomic E-state index is -3.21. The summed E-state index contributed by atoms with van der Waals surface area (Å²) in [6.45, 7) is 3.47. The molecule has 16 heavy (non-hydrogen) atoms. The summed E-state index contributed by atoms with van der Waals surface area (Å²) in [6.07, 6.45) is 1.77. The molecular formula is C10H21NO4S. The first kappa shape index (κ1) is 13.9. The van der Waals surface area contributed by atoms with Crippen LogP contribution in [0.25, 0.3) is 0 Å². The van der Waals surface area contributed by atoms with Crippen LogP contribution >= 0.6 is 0 Å². The van der Waals surface area contributed by atoms with Gasteiger partial charge >= 0.3 is 0 Å². The number of hydrogen-bond donors (Lipinski definition) is 2. The minimum Gasteiger partial charge on any atom is -0.396 e. The molecule has 0 radical (unpaired) electrons. The molecule has 1 aliphatic heterocycles. The van der Waals surface area contributed by atoms with Gasteiger partial charge in [0.1, 0.15) is 0 Å². The lowest BCUT2D eigenvalue weighted by Gasteiger charge is -2.23. The first-order valence-electron chi connectivity index (χ1n) is 5.73. The van der Waals surface area contributed by atoms with Crippen molar-refractivity contribution in [1.29, 1.82) is 0 Å². The monoisotopic (exact) mass is 251 g/mol. The Morgan fingerprint density at radius 3 is 2.62 bits per heavy atom. The molecule has 0 aliphatic carbocycles. The normalized spacial score (nSPS) is 20.9. The highest BCUT2D eigenvalue weighted by Gasteiger charge is 2.27. The van der Waals surface area contributed by atoms with E-state index in [4.69, 9.17) is 9.84 Å². The molecular weight excluding hydrogens is 230 g/mol. The molecule has 1 saturated heterocycles. The number of hydrogen-bond acceptors (Lipinski definition) is 4. The van der Waals surface area contributed by atoms with Crippen LogP contribution in [0.1, 0.15) is 26.2 Å². The molecule has 0 saturated carbocycles. The van der Waals surface area contributed by atoms with E-state index in [0.717, 1.165) is 0 Å².